The Labute approximate surface area is 119 Å². The Balaban J connectivity index is 2.39. The summed E-state index contributed by atoms with van der Waals surface area (Å²) in [5, 5.41) is 8.96. The van der Waals surface area contributed by atoms with E-state index in [0.717, 1.165) is 19.5 Å². The number of carbonyl (C=O) groups excluding carboxylic acids is 1. The molecule has 0 bridgehead atoms. The van der Waals surface area contributed by atoms with Gasteiger partial charge in [-0.15, -0.1) is 0 Å². The zero-order valence-corrected chi connectivity index (χ0v) is 11.8. The van der Waals surface area contributed by atoms with Crippen molar-refractivity contribution in [1.29, 1.82) is 0 Å². The van der Waals surface area contributed by atoms with Gasteiger partial charge in [-0.05, 0) is 37.2 Å². The number of aliphatic hydroxyl groups is 1. The molecule has 1 rings (SSSR count). The Bertz CT molecular complexity index is 389. The third-order valence-electron chi connectivity index (χ3n) is 2.88. The molecular weight excluding hydrogens is 258 g/mol. The third kappa shape index (κ3) is 5.56. The summed E-state index contributed by atoms with van der Waals surface area (Å²) in [7, 11) is 0. The molecule has 0 heterocycles. The van der Waals surface area contributed by atoms with Crippen molar-refractivity contribution in [2.75, 3.05) is 32.8 Å². The number of carbonyl (C=O) groups is 1. The molecule has 4 N–H and O–H groups in total. The largest absolute Gasteiger partial charge is 0.492 e. The van der Waals surface area contributed by atoms with Crippen molar-refractivity contribution in [3.8, 4) is 5.75 Å². The van der Waals surface area contributed by atoms with Crippen LogP contribution in [0.25, 0.3) is 0 Å². The summed E-state index contributed by atoms with van der Waals surface area (Å²) >= 11 is 0. The molecule has 0 atom stereocenters. The van der Waals surface area contributed by atoms with Crippen LogP contribution in [0, 0.1) is 0 Å². The first-order valence-corrected chi connectivity index (χ1v) is 6.78. The SMILES string of the molecule is CCCN(CCO)CCOc1ccc(C(=O)NN)cc1. The van der Waals surface area contributed by atoms with Crippen molar-refractivity contribution >= 4 is 5.91 Å². The highest BCUT2D eigenvalue weighted by molar-refractivity contribution is 5.93. The maximum atomic E-state index is 11.3. The van der Waals surface area contributed by atoms with E-state index in [1.807, 2.05) is 0 Å². The van der Waals surface area contributed by atoms with Crippen LogP contribution in [0.3, 0.4) is 0 Å². The molecule has 20 heavy (non-hydrogen) atoms. The molecular formula is C14H23N3O3. The van der Waals surface area contributed by atoms with Crippen LogP contribution >= 0.6 is 0 Å². The first-order valence-electron chi connectivity index (χ1n) is 6.78. The van der Waals surface area contributed by atoms with E-state index >= 15 is 0 Å². The lowest BCUT2D eigenvalue weighted by Gasteiger charge is -2.20. The number of hydrogen-bond acceptors (Lipinski definition) is 5. The summed E-state index contributed by atoms with van der Waals surface area (Å²) in [4.78, 5) is 13.4. The van der Waals surface area contributed by atoms with Crippen molar-refractivity contribution in [2.24, 2.45) is 5.84 Å². The van der Waals surface area contributed by atoms with Crippen molar-refractivity contribution in [1.82, 2.24) is 10.3 Å². The zero-order chi connectivity index (χ0) is 14.8. The number of nitrogens with two attached hydrogens (primary N) is 1. The van der Waals surface area contributed by atoms with Crippen LogP contribution in [0.5, 0.6) is 5.75 Å². The van der Waals surface area contributed by atoms with Crippen LogP contribution in [0.4, 0.5) is 0 Å². The van der Waals surface area contributed by atoms with Crippen molar-refractivity contribution in [3.63, 3.8) is 0 Å². The van der Waals surface area contributed by atoms with Gasteiger partial charge in [0.25, 0.3) is 5.91 Å². The molecule has 0 aliphatic carbocycles. The Morgan fingerprint density at radius 2 is 2.00 bits per heavy atom. The van der Waals surface area contributed by atoms with Gasteiger partial charge in [-0.25, -0.2) is 5.84 Å². The topological polar surface area (TPSA) is 87.8 Å². The molecule has 0 unspecified atom stereocenters. The predicted octanol–water partition coefficient (Wildman–Crippen LogP) is 0.373. The van der Waals surface area contributed by atoms with Gasteiger partial charge in [0.15, 0.2) is 0 Å². The molecule has 0 aliphatic heterocycles. The molecule has 6 nitrogen and oxygen atoms in total. The number of rotatable bonds is 9. The Kier molecular flexibility index (Phi) is 7.64. The maximum Gasteiger partial charge on any atom is 0.265 e. The van der Waals surface area contributed by atoms with E-state index in [9.17, 15) is 4.79 Å². The van der Waals surface area contributed by atoms with E-state index in [1.54, 1.807) is 24.3 Å². The highest BCUT2D eigenvalue weighted by Crippen LogP contribution is 2.12. The number of nitrogens with zero attached hydrogens (tertiary/aromatic N) is 1. The van der Waals surface area contributed by atoms with Crippen molar-refractivity contribution < 1.29 is 14.6 Å². The molecule has 0 saturated carbocycles. The highest BCUT2D eigenvalue weighted by atomic mass is 16.5. The second kappa shape index (κ2) is 9.30. The quantitative estimate of drug-likeness (QED) is 0.346. The van der Waals surface area contributed by atoms with Gasteiger partial charge in [-0.2, -0.15) is 0 Å². The van der Waals surface area contributed by atoms with Crippen LogP contribution in [0.1, 0.15) is 23.7 Å². The monoisotopic (exact) mass is 281 g/mol. The average molecular weight is 281 g/mol. The molecule has 6 heteroatoms. The lowest BCUT2D eigenvalue weighted by molar-refractivity contribution is 0.0953. The Morgan fingerprint density at radius 1 is 1.30 bits per heavy atom. The molecule has 0 aliphatic rings. The predicted molar refractivity (Wildman–Crippen MR) is 77.4 cm³/mol. The molecule has 0 aromatic heterocycles. The third-order valence-corrected chi connectivity index (χ3v) is 2.88. The second-order valence-corrected chi connectivity index (χ2v) is 4.41. The number of hydrogen-bond donors (Lipinski definition) is 3. The van der Waals surface area contributed by atoms with Crippen LogP contribution in [0.15, 0.2) is 24.3 Å². The highest BCUT2D eigenvalue weighted by Gasteiger charge is 2.05. The average Bonchev–Trinajstić information content (AvgIpc) is 2.47. The summed E-state index contributed by atoms with van der Waals surface area (Å²) in [5.74, 6) is 5.44. The van der Waals surface area contributed by atoms with Crippen LogP contribution in [-0.4, -0.2) is 48.8 Å². The lowest BCUT2D eigenvalue weighted by Crippen LogP contribution is -2.31. The Morgan fingerprint density at radius 3 is 2.55 bits per heavy atom. The minimum Gasteiger partial charge on any atom is -0.492 e. The number of benzene rings is 1. The van der Waals surface area contributed by atoms with Crippen LogP contribution in [0.2, 0.25) is 0 Å². The Hall–Kier alpha value is -1.63. The molecule has 1 amide bonds. The standard InChI is InChI=1S/C14H23N3O3/c1-2-7-17(8-10-18)9-11-20-13-5-3-12(4-6-13)14(19)16-15/h3-6,18H,2,7-11,15H2,1H3,(H,16,19). The molecule has 1 aromatic rings. The molecule has 112 valence electrons. The summed E-state index contributed by atoms with van der Waals surface area (Å²) in [5.41, 5.74) is 2.57. The fourth-order valence-corrected chi connectivity index (χ4v) is 1.87. The lowest BCUT2D eigenvalue weighted by atomic mass is 10.2. The van der Waals surface area contributed by atoms with Gasteiger partial charge < -0.3 is 9.84 Å². The van der Waals surface area contributed by atoms with E-state index in [2.05, 4.69) is 17.2 Å². The van der Waals surface area contributed by atoms with Gasteiger partial charge >= 0.3 is 0 Å². The van der Waals surface area contributed by atoms with Gasteiger partial charge in [0.1, 0.15) is 12.4 Å². The molecule has 0 fully saturated rings. The van der Waals surface area contributed by atoms with Gasteiger partial charge in [-0.1, -0.05) is 6.92 Å². The van der Waals surface area contributed by atoms with Gasteiger partial charge in [0, 0.05) is 18.7 Å². The summed E-state index contributed by atoms with van der Waals surface area (Å²) in [6.07, 6.45) is 1.04. The minimum atomic E-state index is -0.325. The fourth-order valence-electron chi connectivity index (χ4n) is 1.87. The number of hydrazine groups is 1. The second-order valence-electron chi connectivity index (χ2n) is 4.41. The smallest absolute Gasteiger partial charge is 0.265 e. The van der Waals surface area contributed by atoms with Gasteiger partial charge in [0.2, 0.25) is 0 Å². The van der Waals surface area contributed by atoms with Crippen molar-refractivity contribution in [2.45, 2.75) is 13.3 Å². The van der Waals surface area contributed by atoms with Gasteiger partial charge in [-0.3, -0.25) is 15.1 Å². The van der Waals surface area contributed by atoms with Crippen LogP contribution in [-0.2, 0) is 0 Å². The minimum absolute atomic E-state index is 0.156. The van der Waals surface area contributed by atoms with E-state index in [0.29, 0.717) is 24.5 Å². The van der Waals surface area contributed by atoms with E-state index in [4.69, 9.17) is 15.7 Å². The van der Waals surface area contributed by atoms with Crippen LogP contribution < -0.4 is 16.0 Å². The maximum absolute atomic E-state index is 11.3. The number of aliphatic hydroxyl groups excluding tert-OH is 1. The molecule has 0 spiro atoms. The molecule has 1 aromatic carbocycles. The number of ether oxygens (including phenoxy) is 1. The van der Waals surface area contributed by atoms with E-state index in [-0.39, 0.29) is 12.5 Å². The number of amides is 1. The zero-order valence-electron chi connectivity index (χ0n) is 11.8. The van der Waals surface area contributed by atoms with E-state index in [1.165, 1.54) is 0 Å². The van der Waals surface area contributed by atoms with E-state index < -0.39 is 0 Å². The number of nitrogens with one attached hydrogen (secondary N) is 1. The first-order chi connectivity index (χ1) is 9.71. The van der Waals surface area contributed by atoms with Gasteiger partial charge in [0.05, 0.1) is 6.61 Å². The summed E-state index contributed by atoms with van der Waals surface area (Å²) in [6.45, 7) is 5.17. The first kappa shape index (κ1) is 16.4. The fraction of sp³-hybridized carbons (Fsp3) is 0.500. The summed E-state index contributed by atoms with van der Waals surface area (Å²) < 4.78 is 5.61. The van der Waals surface area contributed by atoms with Crippen molar-refractivity contribution in [3.05, 3.63) is 29.8 Å². The normalized spacial score (nSPS) is 10.6. The molecule has 0 radical (unpaired) electrons. The summed E-state index contributed by atoms with van der Waals surface area (Å²) in [6, 6.07) is 6.80. The number of nitrogen functional groups attached to an aromatic ring is 1. The molecule has 0 saturated heterocycles.